The quantitative estimate of drug-likeness (QED) is 0.634. The van der Waals surface area contributed by atoms with Crippen molar-refractivity contribution >= 4 is 29.1 Å². The van der Waals surface area contributed by atoms with E-state index < -0.39 is 0 Å². The van der Waals surface area contributed by atoms with Crippen molar-refractivity contribution in [1.82, 2.24) is 9.97 Å². The summed E-state index contributed by atoms with van der Waals surface area (Å²) in [4.78, 5) is 31.4. The van der Waals surface area contributed by atoms with Crippen molar-refractivity contribution in [2.75, 3.05) is 36.2 Å². The highest BCUT2D eigenvalue weighted by Crippen LogP contribution is 2.14. The summed E-state index contributed by atoms with van der Waals surface area (Å²) in [5.74, 6) is 0.00961. The number of carbonyl (C=O) groups excluding carboxylic acids is 2. The Morgan fingerprint density at radius 3 is 2.20 bits per heavy atom. The molecule has 0 fully saturated rings. The first-order valence-electron chi connectivity index (χ1n) is 7.82. The minimum atomic E-state index is -0.307. The van der Waals surface area contributed by atoms with E-state index in [4.69, 9.17) is 4.74 Å². The average molecular weight is 343 g/mol. The lowest BCUT2D eigenvalue weighted by Gasteiger charge is -2.08. The molecule has 0 aliphatic rings. The zero-order valence-corrected chi connectivity index (χ0v) is 14.2. The Morgan fingerprint density at radius 1 is 1.04 bits per heavy atom. The van der Waals surface area contributed by atoms with E-state index in [9.17, 15) is 9.59 Å². The molecule has 0 aliphatic carbocycles. The molecule has 0 saturated carbocycles. The first-order valence-corrected chi connectivity index (χ1v) is 7.82. The van der Waals surface area contributed by atoms with Crippen LogP contribution in [0.1, 0.15) is 23.7 Å². The van der Waals surface area contributed by atoms with E-state index in [0.29, 0.717) is 36.0 Å². The molecule has 3 N–H and O–H groups in total. The van der Waals surface area contributed by atoms with Crippen molar-refractivity contribution in [2.45, 2.75) is 13.3 Å². The molecule has 8 heteroatoms. The van der Waals surface area contributed by atoms with Crippen molar-refractivity contribution < 1.29 is 14.3 Å². The van der Waals surface area contributed by atoms with Gasteiger partial charge in [-0.05, 0) is 30.7 Å². The van der Waals surface area contributed by atoms with Crippen LogP contribution in [0.3, 0.4) is 0 Å². The third kappa shape index (κ3) is 6.19. The molecule has 132 valence electrons. The fourth-order valence-corrected chi connectivity index (χ4v) is 2.00. The van der Waals surface area contributed by atoms with E-state index in [0.717, 1.165) is 6.42 Å². The summed E-state index contributed by atoms with van der Waals surface area (Å²) < 4.78 is 4.96. The Bertz CT molecular complexity index is 701. The van der Waals surface area contributed by atoms with Crippen LogP contribution < -0.4 is 16.0 Å². The number of nitrogens with zero attached hydrogens (tertiary/aromatic N) is 2. The fourth-order valence-electron chi connectivity index (χ4n) is 2.00. The van der Waals surface area contributed by atoms with Gasteiger partial charge in [0.1, 0.15) is 0 Å². The molecule has 2 rings (SSSR count). The Balaban J connectivity index is 1.88. The van der Waals surface area contributed by atoms with Crippen LogP contribution in [0.15, 0.2) is 36.7 Å². The van der Waals surface area contributed by atoms with Crippen LogP contribution in [0.25, 0.3) is 0 Å². The molecular weight excluding hydrogens is 322 g/mol. The number of aromatic nitrogens is 2. The van der Waals surface area contributed by atoms with Gasteiger partial charge in [0, 0.05) is 51.0 Å². The minimum Gasteiger partial charge on any atom is -0.385 e. The molecule has 0 spiro atoms. The van der Waals surface area contributed by atoms with Gasteiger partial charge in [-0.3, -0.25) is 9.59 Å². The van der Waals surface area contributed by atoms with Crippen LogP contribution >= 0.6 is 0 Å². The average Bonchev–Trinajstić information content (AvgIpc) is 2.60. The van der Waals surface area contributed by atoms with Crippen molar-refractivity contribution in [3.05, 3.63) is 42.2 Å². The molecule has 2 aromatic rings. The normalized spacial score (nSPS) is 10.2. The summed E-state index contributed by atoms with van der Waals surface area (Å²) >= 11 is 0. The topological polar surface area (TPSA) is 105 Å². The smallest absolute Gasteiger partial charge is 0.258 e. The van der Waals surface area contributed by atoms with Crippen LogP contribution in [0, 0.1) is 0 Å². The Morgan fingerprint density at radius 2 is 1.64 bits per heavy atom. The molecule has 0 aliphatic heterocycles. The van der Waals surface area contributed by atoms with E-state index in [1.807, 2.05) is 0 Å². The van der Waals surface area contributed by atoms with Crippen molar-refractivity contribution in [2.24, 2.45) is 0 Å². The molecule has 0 saturated heterocycles. The summed E-state index contributed by atoms with van der Waals surface area (Å²) in [5.41, 5.74) is 1.63. The van der Waals surface area contributed by atoms with Gasteiger partial charge in [-0.25, -0.2) is 9.97 Å². The summed E-state index contributed by atoms with van der Waals surface area (Å²) in [7, 11) is 1.65. The third-order valence-corrected chi connectivity index (χ3v) is 3.19. The molecule has 0 atom stereocenters. The second-order valence-electron chi connectivity index (χ2n) is 5.28. The Kier molecular flexibility index (Phi) is 6.85. The number of amides is 2. The lowest BCUT2D eigenvalue weighted by molar-refractivity contribution is -0.114. The summed E-state index contributed by atoms with van der Waals surface area (Å²) in [5, 5.41) is 8.46. The van der Waals surface area contributed by atoms with E-state index >= 15 is 0 Å². The first-order chi connectivity index (χ1) is 12.1. The second kappa shape index (κ2) is 9.33. The van der Waals surface area contributed by atoms with Crippen LogP contribution in [-0.2, 0) is 9.53 Å². The van der Waals surface area contributed by atoms with Gasteiger partial charge in [0.25, 0.3) is 5.91 Å². The number of benzene rings is 1. The molecular formula is C17H21N5O3. The lowest BCUT2D eigenvalue weighted by atomic mass is 10.2. The molecule has 2 amide bonds. The SMILES string of the molecule is COCCCNc1ncc(C(=O)Nc2ccc(NC(C)=O)cc2)cn1. The number of rotatable bonds is 8. The van der Waals surface area contributed by atoms with Gasteiger partial charge in [-0.2, -0.15) is 0 Å². The van der Waals surface area contributed by atoms with Gasteiger partial charge in [-0.15, -0.1) is 0 Å². The van der Waals surface area contributed by atoms with E-state index in [2.05, 4.69) is 25.9 Å². The Labute approximate surface area is 146 Å². The van der Waals surface area contributed by atoms with Crippen LogP contribution in [0.4, 0.5) is 17.3 Å². The van der Waals surface area contributed by atoms with E-state index in [-0.39, 0.29) is 11.8 Å². The number of hydrogen-bond acceptors (Lipinski definition) is 6. The van der Waals surface area contributed by atoms with Crippen LogP contribution in [-0.4, -0.2) is 42.0 Å². The maximum Gasteiger partial charge on any atom is 0.258 e. The minimum absolute atomic E-state index is 0.148. The molecule has 25 heavy (non-hydrogen) atoms. The molecule has 1 aromatic heterocycles. The Hall–Kier alpha value is -3.00. The zero-order valence-electron chi connectivity index (χ0n) is 14.2. The molecule has 0 radical (unpaired) electrons. The van der Waals surface area contributed by atoms with Gasteiger partial charge in [0.05, 0.1) is 5.56 Å². The predicted octanol–water partition coefficient (Wildman–Crippen LogP) is 2.14. The highest BCUT2D eigenvalue weighted by Gasteiger charge is 2.08. The highest BCUT2D eigenvalue weighted by molar-refractivity contribution is 6.04. The monoisotopic (exact) mass is 343 g/mol. The van der Waals surface area contributed by atoms with Gasteiger partial charge < -0.3 is 20.7 Å². The number of anilines is 3. The van der Waals surface area contributed by atoms with E-state index in [1.165, 1.54) is 19.3 Å². The standard InChI is InChI=1S/C17H21N5O3/c1-12(23)21-14-4-6-15(7-5-14)22-16(24)13-10-19-17(20-11-13)18-8-3-9-25-2/h4-7,10-11H,3,8-9H2,1-2H3,(H,21,23)(H,22,24)(H,18,19,20). The van der Waals surface area contributed by atoms with Gasteiger partial charge >= 0.3 is 0 Å². The number of ether oxygens (including phenoxy) is 1. The van der Waals surface area contributed by atoms with Gasteiger partial charge in [0.15, 0.2) is 0 Å². The number of methoxy groups -OCH3 is 1. The summed E-state index contributed by atoms with van der Waals surface area (Å²) in [6.07, 6.45) is 3.77. The summed E-state index contributed by atoms with van der Waals surface area (Å²) in [6.45, 7) is 2.79. The second-order valence-corrected chi connectivity index (χ2v) is 5.28. The largest absolute Gasteiger partial charge is 0.385 e. The predicted molar refractivity (Wildman–Crippen MR) is 95.7 cm³/mol. The van der Waals surface area contributed by atoms with Gasteiger partial charge in [-0.1, -0.05) is 0 Å². The lowest BCUT2D eigenvalue weighted by Crippen LogP contribution is -2.14. The summed E-state index contributed by atoms with van der Waals surface area (Å²) in [6, 6.07) is 6.83. The maximum atomic E-state index is 12.2. The molecule has 8 nitrogen and oxygen atoms in total. The van der Waals surface area contributed by atoms with Gasteiger partial charge in [0.2, 0.25) is 11.9 Å². The molecule has 0 bridgehead atoms. The molecule has 1 heterocycles. The molecule has 1 aromatic carbocycles. The first kappa shape index (κ1) is 18.3. The van der Waals surface area contributed by atoms with Crippen LogP contribution in [0.2, 0.25) is 0 Å². The van der Waals surface area contributed by atoms with Crippen LogP contribution in [0.5, 0.6) is 0 Å². The molecule has 0 unspecified atom stereocenters. The fraction of sp³-hybridized carbons (Fsp3) is 0.294. The third-order valence-electron chi connectivity index (χ3n) is 3.19. The van der Waals surface area contributed by atoms with Crippen molar-refractivity contribution in [3.8, 4) is 0 Å². The number of nitrogens with one attached hydrogen (secondary N) is 3. The maximum absolute atomic E-state index is 12.2. The zero-order chi connectivity index (χ0) is 18.1. The number of carbonyl (C=O) groups is 2. The highest BCUT2D eigenvalue weighted by atomic mass is 16.5. The number of hydrogen-bond donors (Lipinski definition) is 3. The van der Waals surface area contributed by atoms with Crippen molar-refractivity contribution in [1.29, 1.82) is 0 Å². The van der Waals surface area contributed by atoms with Crippen molar-refractivity contribution in [3.63, 3.8) is 0 Å². The van der Waals surface area contributed by atoms with E-state index in [1.54, 1.807) is 31.4 Å².